The van der Waals surface area contributed by atoms with Crippen molar-refractivity contribution in [3.63, 3.8) is 0 Å². The van der Waals surface area contributed by atoms with Crippen molar-refractivity contribution in [1.29, 1.82) is 0 Å². The first-order chi connectivity index (χ1) is 24.8. The summed E-state index contributed by atoms with van der Waals surface area (Å²) >= 11 is 0. The molecule has 0 unspecified atom stereocenters. The largest absolute Gasteiger partial charge is 0.309 e. The third-order valence-electron chi connectivity index (χ3n) is 9.83. The second-order valence-electron chi connectivity index (χ2n) is 12.6. The molecule has 0 fully saturated rings. The van der Waals surface area contributed by atoms with Gasteiger partial charge in [-0.15, -0.1) is 0 Å². The van der Waals surface area contributed by atoms with Gasteiger partial charge in [0.1, 0.15) is 0 Å². The fourth-order valence-corrected chi connectivity index (χ4v) is 7.64. The Labute approximate surface area is 289 Å². The lowest BCUT2D eigenvalue weighted by Gasteiger charge is -2.15. The van der Waals surface area contributed by atoms with Crippen molar-refractivity contribution >= 4 is 43.6 Å². The van der Waals surface area contributed by atoms with Crippen LogP contribution in [0.1, 0.15) is 0 Å². The lowest BCUT2D eigenvalue weighted by molar-refractivity contribution is 0.992. The monoisotopic (exact) mass is 638 g/mol. The number of aromatic nitrogens is 4. The van der Waals surface area contributed by atoms with Gasteiger partial charge in [0.2, 0.25) is 5.95 Å². The number of para-hydroxylation sites is 3. The van der Waals surface area contributed by atoms with Gasteiger partial charge in [0, 0.05) is 39.0 Å². The van der Waals surface area contributed by atoms with Crippen LogP contribution in [-0.4, -0.2) is 19.1 Å². The highest BCUT2D eigenvalue weighted by atomic mass is 15.2. The average Bonchev–Trinajstić information content (AvgIpc) is 3.70. The first-order valence-corrected chi connectivity index (χ1v) is 16.9. The van der Waals surface area contributed by atoms with Crippen LogP contribution in [0.15, 0.2) is 182 Å². The highest BCUT2D eigenvalue weighted by Gasteiger charge is 2.20. The highest BCUT2D eigenvalue weighted by Crippen LogP contribution is 2.40. The molecule has 0 saturated carbocycles. The average molecular weight is 639 g/mol. The molecule has 0 aliphatic heterocycles. The Balaban J connectivity index is 1.21. The predicted octanol–water partition coefficient (Wildman–Crippen LogP) is 11.7. The lowest BCUT2D eigenvalue weighted by Crippen LogP contribution is -2.02. The molecule has 50 heavy (non-hydrogen) atoms. The zero-order valence-electron chi connectivity index (χ0n) is 27.1. The Morgan fingerprint density at radius 2 is 0.880 bits per heavy atom. The van der Waals surface area contributed by atoms with Crippen molar-refractivity contribution in [2.24, 2.45) is 0 Å². The van der Waals surface area contributed by atoms with Crippen molar-refractivity contribution in [3.8, 4) is 45.1 Å². The number of hydrogen-bond donors (Lipinski definition) is 0. The maximum Gasteiger partial charge on any atom is 0.235 e. The van der Waals surface area contributed by atoms with Crippen LogP contribution in [0.4, 0.5) is 0 Å². The van der Waals surface area contributed by atoms with Gasteiger partial charge in [-0.2, -0.15) is 0 Å². The van der Waals surface area contributed by atoms with Gasteiger partial charge in [0.05, 0.1) is 27.8 Å². The molecule has 3 heterocycles. The molecule has 234 valence electrons. The van der Waals surface area contributed by atoms with E-state index in [0.717, 1.165) is 39.1 Å². The van der Waals surface area contributed by atoms with E-state index in [-0.39, 0.29) is 0 Å². The van der Waals surface area contributed by atoms with Crippen molar-refractivity contribution in [2.75, 3.05) is 0 Å². The molecule has 0 saturated heterocycles. The van der Waals surface area contributed by atoms with Crippen LogP contribution in [0, 0.1) is 0 Å². The van der Waals surface area contributed by atoms with Gasteiger partial charge in [-0.1, -0.05) is 133 Å². The topological polar surface area (TPSA) is 35.6 Å². The molecule has 0 atom stereocenters. The maximum atomic E-state index is 5.32. The number of rotatable bonds is 5. The molecule has 0 amide bonds. The Morgan fingerprint density at radius 1 is 0.360 bits per heavy atom. The molecule has 0 aliphatic rings. The summed E-state index contributed by atoms with van der Waals surface area (Å²) in [5, 5.41) is 4.80. The van der Waals surface area contributed by atoms with E-state index in [9.17, 15) is 0 Å². The Bertz CT molecular complexity index is 2860. The van der Waals surface area contributed by atoms with E-state index in [4.69, 9.17) is 9.97 Å². The van der Waals surface area contributed by atoms with E-state index in [1.54, 1.807) is 0 Å². The molecule has 0 bridgehead atoms. The summed E-state index contributed by atoms with van der Waals surface area (Å²) in [6.45, 7) is 0. The molecule has 7 aromatic carbocycles. The maximum absolute atomic E-state index is 5.32. The van der Waals surface area contributed by atoms with Gasteiger partial charge in [0.25, 0.3) is 0 Å². The van der Waals surface area contributed by atoms with Gasteiger partial charge in [0.15, 0.2) is 0 Å². The number of nitrogens with zero attached hydrogens (tertiary/aromatic N) is 4. The van der Waals surface area contributed by atoms with Crippen molar-refractivity contribution < 1.29 is 0 Å². The summed E-state index contributed by atoms with van der Waals surface area (Å²) in [6, 6.07) is 62.3. The van der Waals surface area contributed by atoms with E-state index in [1.165, 1.54) is 43.8 Å². The van der Waals surface area contributed by atoms with E-state index in [2.05, 4.69) is 179 Å². The summed E-state index contributed by atoms with van der Waals surface area (Å²) in [4.78, 5) is 10.2. The van der Waals surface area contributed by atoms with Crippen LogP contribution in [-0.2, 0) is 0 Å². The predicted molar refractivity (Wildman–Crippen MR) is 207 cm³/mol. The summed E-state index contributed by atoms with van der Waals surface area (Å²) in [6.07, 6.45) is 1.89. The molecule has 0 aliphatic carbocycles. The van der Waals surface area contributed by atoms with Crippen LogP contribution < -0.4 is 0 Å². The molecule has 3 aromatic heterocycles. The molecular weight excluding hydrogens is 609 g/mol. The zero-order chi connectivity index (χ0) is 33.0. The summed E-state index contributed by atoms with van der Waals surface area (Å²) in [5.41, 5.74) is 12.2. The highest BCUT2D eigenvalue weighted by molar-refractivity contribution is 6.19. The van der Waals surface area contributed by atoms with Crippen molar-refractivity contribution in [1.82, 2.24) is 19.1 Å². The molecule has 10 aromatic rings. The quantitative estimate of drug-likeness (QED) is 0.188. The molecule has 10 rings (SSSR count). The van der Waals surface area contributed by atoms with Crippen LogP contribution in [0.5, 0.6) is 0 Å². The molecular formula is C46H30N4. The standard InChI is InChI=1S/C46H30N4/c1-3-15-31(16-4-1)33-19-7-8-20-34(33)35-21-9-10-22-36(35)41-27-28-47-46(48-41)50-43-26-14-12-24-38(43)40-29-39-37-23-11-13-25-42(37)49(44(39)30-45(40)50)32-17-5-2-6-18-32/h1-30H. The summed E-state index contributed by atoms with van der Waals surface area (Å²) in [5.74, 6) is 0.640. The molecule has 0 radical (unpaired) electrons. The Hall–Kier alpha value is -6.78. The van der Waals surface area contributed by atoms with Crippen molar-refractivity contribution in [3.05, 3.63) is 182 Å². The van der Waals surface area contributed by atoms with Gasteiger partial charge >= 0.3 is 0 Å². The van der Waals surface area contributed by atoms with Crippen LogP contribution in [0.3, 0.4) is 0 Å². The second kappa shape index (κ2) is 11.4. The number of benzene rings is 7. The van der Waals surface area contributed by atoms with Crippen LogP contribution in [0.25, 0.3) is 88.8 Å². The third-order valence-corrected chi connectivity index (χ3v) is 9.83. The molecule has 4 nitrogen and oxygen atoms in total. The number of fused-ring (bicyclic) bond motifs is 6. The minimum Gasteiger partial charge on any atom is -0.309 e. The lowest BCUT2D eigenvalue weighted by atomic mass is 9.91. The second-order valence-corrected chi connectivity index (χ2v) is 12.6. The fraction of sp³-hybridized carbons (Fsp3) is 0. The van der Waals surface area contributed by atoms with Gasteiger partial charge in [-0.25, -0.2) is 9.97 Å². The van der Waals surface area contributed by atoms with Gasteiger partial charge in [-0.3, -0.25) is 4.57 Å². The molecule has 0 N–H and O–H groups in total. The smallest absolute Gasteiger partial charge is 0.235 e. The van der Waals surface area contributed by atoms with E-state index in [0.29, 0.717) is 5.95 Å². The Morgan fingerprint density at radius 3 is 1.58 bits per heavy atom. The minimum absolute atomic E-state index is 0.640. The Kier molecular flexibility index (Phi) is 6.46. The summed E-state index contributed by atoms with van der Waals surface area (Å²) < 4.78 is 4.59. The van der Waals surface area contributed by atoms with Crippen LogP contribution in [0.2, 0.25) is 0 Å². The zero-order valence-corrected chi connectivity index (χ0v) is 27.1. The first kappa shape index (κ1) is 28.3. The van der Waals surface area contributed by atoms with Crippen LogP contribution >= 0.6 is 0 Å². The van der Waals surface area contributed by atoms with Gasteiger partial charge < -0.3 is 4.57 Å². The fourth-order valence-electron chi connectivity index (χ4n) is 7.64. The van der Waals surface area contributed by atoms with E-state index >= 15 is 0 Å². The molecule has 0 spiro atoms. The first-order valence-electron chi connectivity index (χ1n) is 16.9. The summed E-state index contributed by atoms with van der Waals surface area (Å²) in [7, 11) is 0. The van der Waals surface area contributed by atoms with E-state index in [1.807, 2.05) is 12.3 Å². The van der Waals surface area contributed by atoms with Crippen molar-refractivity contribution in [2.45, 2.75) is 0 Å². The van der Waals surface area contributed by atoms with Gasteiger partial charge in [-0.05, 0) is 64.7 Å². The third kappa shape index (κ3) is 4.39. The SMILES string of the molecule is c1ccc(-c2ccccc2-c2ccccc2-c2ccnc(-n3c4ccccc4c4cc5c6ccccc6n(-c6ccccc6)c5cc43)n2)cc1. The minimum atomic E-state index is 0.640. The van der Waals surface area contributed by atoms with E-state index < -0.39 is 0 Å². The number of hydrogen-bond acceptors (Lipinski definition) is 2. The normalized spacial score (nSPS) is 11.6. The molecule has 4 heteroatoms.